The van der Waals surface area contributed by atoms with Crippen molar-refractivity contribution in [3.63, 3.8) is 0 Å². The minimum absolute atomic E-state index is 0.0362. The Morgan fingerprint density at radius 3 is 1.47 bits per heavy atom. The highest BCUT2D eigenvalue weighted by atomic mass is 32.2. The van der Waals surface area contributed by atoms with Crippen LogP contribution in [-0.4, -0.2) is 159 Å². The van der Waals surface area contributed by atoms with Crippen molar-refractivity contribution in [3.05, 3.63) is 112 Å². The molecule has 4 atom stereocenters. The molecule has 6 aromatic rings. The standard InChI is InChI=1S/C35H47FN6O7S.C23H25FN6O6S/c1-4-5-6-7-8-9-10-11-12-13-31(43)49-25(22-40-23(2)37-20-30(40)42(47)48)21-38-14-16-39(17-15-38)29-19-28-26(18-27(29)36)33(44)32(35(45)46)34-41(28)24(3)50-34;1-12-25-9-19(30(35)36)28(12)11-14(31)10-26-3-5-27(6-4-26)18-8-17-15(7-16(18)24)21(32)20(23(33)34)22-29(17)13(2)37-22/h18-20,24-25H,4-17,21-22H2,1-3H3,(H,45,46);7-9,13-14,31H,3-6,10-11H2,1-2H3,(H,33,34). The van der Waals surface area contributed by atoms with Gasteiger partial charge in [-0.2, -0.15) is 0 Å². The Bertz CT molecular complexity index is 3730. The van der Waals surface area contributed by atoms with Crippen molar-refractivity contribution in [1.29, 1.82) is 0 Å². The molecule has 0 bridgehead atoms. The number of carboxylic acids is 2. The summed E-state index contributed by atoms with van der Waals surface area (Å²) >= 11 is 2.59. The van der Waals surface area contributed by atoms with E-state index in [1.807, 2.05) is 28.5 Å². The number of hydrogen-bond acceptors (Lipinski definition) is 19. The number of carbonyl (C=O) groups is 3. The number of imidazole rings is 2. The highest BCUT2D eigenvalue weighted by Crippen LogP contribution is 2.48. The molecule has 0 radical (unpaired) electrons. The number of aliphatic hydroxyl groups is 1. The van der Waals surface area contributed by atoms with Crippen LogP contribution in [0.5, 0.6) is 0 Å². The zero-order chi connectivity index (χ0) is 62.5. The Morgan fingerprint density at radius 1 is 0.644 bits per heavy atom. The Hall–Kier alpha value is -7.47. The molecule has 29 heteroatoms. The van der Waals surface area contributed by atoms with Gasteiger partial charge in [0.2, 0.25) is 10.9 Å². The maximum absolute atomic E-state index is 15.5. The van der Waals surface area contributed by atoms with Crippen molar-refractivity contribution in [3.8, 4) is 0 Å². The van der Waals surface area contributed by atoms with Gasteiger partial charge < -0.3 is 59.2 Å². The third-order valence-corrected chi connectivity index (χ3v) is 18.9. The molecule has 0 amide bonds. The quantitative estimate of drug-likeness (QED) is 0.0209. The molecule has 0 spiro atoms. The van der Waals surface area contributed by atoms with Crippen LogP contribution in [0, 0.1) is 45.7 Å². The van der Waals surface area contributed by atoms with Gasteiger partial charge in [-0.05, 0) is 54.4 Å². The van der Waals surface area contributed by atoms with Gasteiger partial charge in [0.15, 0.2) is 17.8 Å². The van der Waals surface area contributed by atoms with Crippen molar-refractivity contribution in [2.75, 3.05) is 75.2 Å². The number of β-amino-alcohol motifs (C(OH)–C–C–N with tert-alkyl or cyclic N) is 1. The lowest BCUT2D eigenvalue weighted by atomic mass is 10.1. The lowest BCUT2D eigenvalue weighted by Gasteiger charge is -2.38. The smallest absolute Gasteiger partial charge is 0.342 e. The van der Waals surface area contributed by atoms with E-state index in [9.17, 15) is 59.5 Å². The number of piperazine rings is 2. The molecule has 0 saturated carbocycles. The topological polar surface area (TPSA) is 300 Å². The van der Waals surface area contributed by atoms with Crippen LogP contribution in [0.3, 0.4) is 0 Å². The van der Waals surface area contributed by atoms with Gasteiger partial charge in [-0.3, -0.25) is 24.2 Å². The van der Waals surface area contributed by atoms with Gasteiger partial charge >= 0.3 is 29.5 Å². The fourth-order valence-corrected chi connectivity index (χ4v) is 14.3. The van der Waals surface area contributed by atoms with E-state index in [0.29, 0.717) is 110 Å². The van der Waals surface area contributed by atoms with E-state index in [2.05, 4.69) is 21.8 Å². The van der Waals surface area contributed by atoms with Gasteiger partial charge in [0.05, 0.1) is 43.2 Å². The molecule has 2 saturated heterocycles. The van der Waals surface area contributed by atoms with E-state index < -0.39 is 56.5 Å². The molecule has 468 valence electrons. The monoisotopic (exact) mass is 1250 g/mol. The third-order valence-electron chi connectivity index (χ3n) is 16.5. The number of esters is 1. The molecule has 0 aliphatic carbocycles. The number of aromatic carboxylic acids is 2. The predicted octanol–water partition coefficient (Wildman–Crippen LogP) is 8.59. The highest BCUT2D eigenvalue weighted by molar-refractivity contribution is 8.00. The Morgan fingerprint density at radius 2 is 1.06 bits per heavy atom. The largest absolute Gasteiger partial charge is 0.477 e. The van der Waals surface area contributed by atoms with Gasteiger partial charge in [-0.15, -0.1) is 0 Å². The van der Waals surface area contributed by atoms with Crippen LogP contribution < -0.4 is 20.7 Å². The number of anilines is 2. The molecule has 10 rings (SSSR count). The average Bonchev–Trinajstić information content (AvgIpc) is 1.34. The van der Waals surface area contributed by atoms with Gasteiger partial charge in [-0.25, -0.2) is 37.5 Å². The Kier molecular flexibility index (Phi) is 20.4. The van der Waals surface area contributed by atoms with Gasteiger partial charge in [-0.1, -0.05) is 81.8 Å². The van der Waals surface area contributed by atoms with E-state index in [1.165, 1.54) is 77.2 Å². The summed E-state index contributed by atoms with van der Waals surface area (Å²) in [5, 5.41) is 53.2. The van der Waals surface area contributed by atoms with Crippen molar-refractivity contribution in [2.45, 2.75) is 145 Å². The molecule has 4 aliphatic rings. The number of carbonyl (C=O) groups excluding carboxylic acids is 1. The molecule has 2 fully saturated rings. The number of thioether (sulfide) groups is 2. The molecule has 4 aromatic heterocycles. The van der Waals surface area contributed by atoms with E-state index in [-0.39, 0.29) is 69.8 Å². The predicted molar refractivity (Wildman–Crippen MR) is 324 cm³/mol. The number of aryl methyl sites for hydroxylation is 2. The molecular formula is C58H72F2N12O13S2. The van der Waals surface area contributed by atoms with Crippen molar-refractivity contribution in [2.24, 2.45) is 0 Å². The lowest BCUT2D eigenvalue weighted by Crippen LogP contribution is -2.50. The van der Waals surface area contributed by atoms with E-state index >= 15 is 8.78 Å². The summed E-state index contributed by atoms with van der Waals surface area (Å²) in [6.07, 6.45) is 11.3. The summed E-state index contributed by atoms with van der Waals surface area (Å²) in [6.45, 7) is 14.0. The molecule has 87 heavy (non-hydrogen) atoms. The summed E-state index contributed by atoms with van der Waals surface area (Å²) in [5.41, 5.74) is -0.386. The SMILES string of the molecule is CCCCCCCCCCCC(=O)OC(CN1CCN(c2cc3c(cc2F)c(=O)c(C(=O)O)c2n3C(C)S2)CC1)Cn1c([N+](=O)[O-])cnc1C.Cc1ncc([N+](=O)[O-])n1CC(O)CN1CCN(c2cc3c(cc2F)c(=O)c(C(=O)O)c2n3C(C)S2)CC1. The number of nitro groups is 2. The third kappa shape index (κ3) is 14.0. The molecule has 2 aromatic carbocycles. The molecule has 8 heterocycles. The van der Waals surface area contributed by atoms with E-state index in [1.54, 1.807) is 35.1 Å². The number of aromatic nitrogens is 6. The molecule has 4 unspecified atom stereocenters. The van der Waals surface area contributed by atoms with Gasteiger partial charge in [0, 0.05) is 96.5 Å². The van der Waals surface area contributed by atoms with Gasteiger partial charge in [0.1, 0.15) is 54.3 Å². The van der Waals surface area contributed by atoms with E-state index in [4.69, 9.17) is 4.74 Å². The van der Waals surface area contributed by atoms with Crippen LogP contribution in [-0.2, 0) is 22.6 Å². The number of nitrogens with zero attached hydrogens (tertiary/aromatic N) is 12. The maximum atomic E-state index is 15.5. The second-order valence-electron chi connectivity index (χ2n) is 22.4. The minimum Gasteiger partial charge on any atom is -0.477 e. The fraction of sp³-hybridized carbons (Fsp3) is 0.534. The molecule has 4 aliphatic heterocycles. The van der Waals surface area contributed by atoms with E-state index in [0.717, 1.165) is 37.8 Å². The first-order valence-electron chi connectivity index (χ1n) is 29.3. The fourth-order valence-electron chi connectivity index (χ4n) is 11.9. The van der Waals surface area contributed by atoms with Crippen LogP contribution in [0.15, 0.2) is 56.3 Å². The first kappa shape index (κ1) is 64.0. The molecule has 3 N–H and O–H groups in total. The summed E-state index contributed by atoms with van der Waals surface area (Å²) in [5.74, 6) is -3.64. The molecular weight excluding hydrogens is 1170 g/mol. The number of rotatable bonds is 25. The van der Waals surface area contributed by atoms with Crippen LogP contribution in [0.4, 0.5) is 31.8 Å². The summed E-state index contributed by atoms with van der Waals surface area (Å²) in [6, 6.07) is 5.51. The zero-order valence-electron chi connectivity index (χ0n) is 49.2. The van der Waals surface area contributed by atoms with Crippen LogP contribution in [0.2, 0.25) is 0 Å². The summed E-state index contributed by atoms with van der Waals surface area (Å²) in [7, 11) is 0. The number of benzene rings is 2. The number of halogens is 2. The van der Waals surface area contributed by atoms with Gasteiger partial charge in [0.25, 0.3) is 0 Å². The lowest BCUT2D eigenvalue weighted by molar-refractivity contribution is -0.392. The number of fused-ring (bicyclic) bond motifs is 6. The Balaban J connectivity index is 0.000000217. The second kappa shape index (κ2) is 27.7. The first-order valence-corrected chi connectivity index (χ1v) is 31.1. The number of aliphatic hydroxyl groups excluding tert-OH is 1. The van der Waals surface area contributed by atoms with Crippen molar-refractivity contribution >= 4 is 86.2 Å². The molecule has 25 nitrogen and oxygen atoms in total. The summed E-state index contributed by atoms with van der Waals surface area (Å²) < 4.78 is 43.0. The summed E-state index contributed by atoms with van der Waals surface area (Å²) in [4.78, 5) is 100.0. The number of unbranched alkanes of at least 4 members (excludes halogenated alkanes) is 8. The number of ether oxygens (including phenoxy) is 1. The normalized spacial score (nSPS) is 17.4. The number of carboxylic acid groups (broad SMARTS) is 2. The second-order valence-corrected chi connectivity index (χ2v) is 25.0. The average molecular weight is 1250 g/mol. The maximum Gasteiger partial charge on any atom is 0.342 e. The minimum atomic E-state index is -1.33. The van der Waals surface area contributed by atoms with Crippen LogP contribution in [0.25, 0.3) is 21.8 Å². The number of hydrogen-bond donors (Lipinski definition) is 3. The van der Waals surface area contributed by atoms with Crippen molar-refractivity contribution in [1.82, 2.24) is 38.0 Å². The van der Waals surface area contributed by atoms with Crippen LogP contribution in [0.1, 0.15) is 128 Å². The first-order chi connectivity index (χ1) is 41.6. The Labute approximate surface area is 507 Å². The highest BCUT2D eigenvalue weighted by Gasteiger charge is 2.36. The zero-order valence-corrected chi connectivity index (χ0v) is 50.8. The number of pyridine rings is 2. The van der Waals surface area contributed by atoms with Crippen molar-refractivity contribution < 1.29 is 53.1 Å². The van der Waals surface area contributed by atoms with Crippen LogP contribution >= 0.6 is 23.5 Å².